The van der Waals surface area contributed by atoms with Gasteiger partial charge in [0.15, 0.2) is 5.82 Å². The lowest BCUT2D eigenvalue weighted by Crippen LogP contribution is -2.42. The molecule has 0 radical (unpaired) electrons. The minimum absolute atomic E-state index is 0.152. The van der Waals surface area contributed by atoms with E-state index in [2.05, 4.69) is 61.7 Å². The van der Waals surface area contributed by atoms with Crippen LogP contribution in [0.4, 0.5) is 17.6 Å². The number of rotatable bonds is 11. The van der Waals surface area contributed by atoms with E-state index in [4.69, 9.17) is 5.73 Å². The molecule has 3 rings (SSSR count). The maximum atomic E-state index is 11.6. The molecule has 0 aliphatic carbocycles. The number of carbonyl (C=O) groups excluding carboxylic acids is 1. The standard InChI is InChI=1S/C23H34N8O/c1-3-4-9-26-21-18(2)22(29-23(24)28-21)27-16-31(17-32)15-20-7-5-19(6-8-20)14-30-12-10-25-11-13-30/h5-8,16-17,25H,3-4,9-15H2,1-2H3,(H3,24,26,28,29). The number of aliphatic imine (C=N–C) groups is 1. The van der Waals surface area contributed by atoms with Gasteiger partial charge in [-0.3, -0.25) is 9.69 Å². The fourth-order valence-electron chi connectivity index (χ4n) is 3.53. The smallest absolute Gasteiger partial charge is 0.224 e. The lowest BCUT2D eigenvalue weighted by molar-refractivity contribution is -0.115. The van der Waals surface area contributed by atoms with Crippen LogP contribution < -0.4 is 16.4 Å². The quantitative estimate of drug-likeness (QED) is 0.214. The van der Waals surface area contributed by atoms with Crippen molar-refractivity contribution in [1.29, 1.82) is 0 Å². The lowest BCUT2D eigenvalue weighted by Gasteiger charge is -2.27. The highest BCUT2D eigenvalue weighted by Crippen LogP contribution is 2.23. The molecule has 1 aliphatic rings. The van der Waals surface area contributed by atoms with Crippen LogP contribution in [0.25, 0.3) is 0 Å². The van der Waals surface area contributed by atoms with E-state index in [-0.39, 0.29) is 5.95 Å². The van der Waals surface area contributed by atoms with Gasteiger partial charge >= 0.3 is 0 Å². The Kier molecular flexibility index (Phi) is 8.94. The number of amides is 1. The fraction of sp³-hybridized carbons (Fsp3) is 0.478. The summed E-state index contributed by atoms with van der Waals surface area (Å²) in [5.74, 6) is 1.28. The third kappa shape index (κ3) is 7.00. The number of benzene rings is 1. The summed E-state index contributed by atoms with van der Waals surface area (Å²) in [5, 5.41) is 6.65. The van der Waals surface area contributed by atoms with Gasteiger partial charge in [0.2, 0.25) is 12.4 Å². The zero-order valence-electron chi connectivity index (χ0n) is 19.0. The minimum Gasteiger partial charge on any atom is -0.370 e. The average Bonchev–Trinajstić information content (AvgIpc) is 2.81. The Balaban J connectivity index is 1.62. The molecule has 2 heterocycles. The van der Waals surface area contributed by atoms with Crippen LogP contribution in [0.1, 0.15) is 36.5 Å². The van der Waals surface area contributed by atoms with Gasteiger partial charge in [-0.05, 0) is 24.5 Å². The maximum absolute atomic E-state index is 11.6. The molecular weight excluding hydrogens is 404 g/mol. The van der Waals surface area contributed by atoms with E-state index in [0.717, 1.165) is 69.6 Å². The minimum atomic E-state index is 0.152. The number of hydrogen-bond acceptors (Lipinski definition) is 8. The molecule has 9 nitrogen and oxygen atoms in total. The molecular formula is C23H34N8O. The predicted octanol–water partition coefficient (Wildman–Crippen LogP) is 2.30. The van der Waals surface area contributed by atoms with Crippen molar-refractivity contribution in [3.05, 3.63) is 41.0 Å². The molecule has 1 amide bonds. The van der Waals surface area contributed by atoms with Crippen LogP contribution in [-0.4, -0.2) is 65.2 Å². The van der Waals surface area contributed by atoms with Gasteiger partial charge in [-0.2, -0.15) is 9.97 Å². The Labute approximate surface area is 190 Å². The summed E-state index contributed by atoms with van der Waals surface area (Å²) in [4.78, 5) is 28.4. The van der Waals surface area contributed by atoms with Gasteiger partial charge in [-0.25, -0.2) is 4.99 Å². The fourth-order valence-corrected chi connectivity index (χ4v) is 3.53. The number of nitrogens with zero attached hydrogens (tertiary/aromatic N) is 5. The van der Waals surface area contributed by atoms with E-state index in [9.17, 15) is 4.79 Å². The third-order valence-corrected chi connectivity index (χ3v) is 5.43. The number of unbranched alkanes of at least 4 members (excludes halogenated alkanes) is 1. The zero-order valence-corrected chi connectivity index (χ0v) is 19.0. The van der Waals surface area contributed by atoms with Crippen LogP contribution in [0.5, 0.6) is 0 Å². The summed E-state index contributed by atoms with van der Waals surface area (Å²) in [6.45, 7) is 10.4. The van der Waals surface area contributed by atoms with E-state index in [0.29, 0.717) is 18.2 Å². The molecule has 172 valence electrons. The third-order valence-electron chi connectivity index (χ3n) is 5.43. The van der Waals surface area contributed by atoms with Crippen molar-refractivity contribution >= 4 is 30.3 Å². The Morgan fingerprint density at radius 2 is 1.94 bits per heavy atom. The first-order valence-corrected chi connectivity index (χ1v) is 11.2. The van der Waals surface area contributed by atoms with E-state index in [1.165, 1.54) is 16.8 Å². The first-order chi connectivity index (χ1) is 15.6. The average molecular weight is 439 g/mol. The molecule has 1 aromatic carbocycles. The second-order valence-electron chi connectivity index (χ2n) is 8.02. The van der Waals surface area contributed by atoms with Crippen molar-refractivity contribution in [2.75, 3.05) is 43.8 Å². The molecule has 1 fully saturated rings. The van der Waals surface area contributed by atoms with Crippen molar-refractivity contribution in [2.45, 2.75) is 39.8 Å². The van der Waals surface area contributed by atoms with Crippen LogP contribution >= 0.6 is 0 Å². The highest BCUT2D eigenvalue weighted by molar-refractivity contribution is 5.75. The summed E-state index contributed by atoms with van der Waals surface area (Å²) in [7, 11) is 0. The second-order valence-corrected chi connectivity index (χ2v) is 8.02. The highest BCUT2D eigenvalue weighted by Gasteiger charge is 2.11. The zero-order chi connectivity index (χ0) is 22.8. The predicted molar refractivity (Wildman–Crippen MR) is 129 cm³/mol. The summed E-state index contributed by atoms with van der Waals surface area (Å²) in [6.07, 6.45) is 4.38. The number of aromatic nitrogens is 2. The SMILES string of the molecule is CCCCNc1nc(N)nc(N=CN(C=O)Cc2ccc(CN3CCNCC3)cc2)c1C. The van der Waals surface area contributed by atoms with Crippen LogP contribution in [0.15, 0.2) is 29.3 Å². The van der Waals surface area contributed by atoms with Crippen molar-refractivity contribution in [2.24, 2.45) is 4.99 Å². The number of carbonyl (C=O) groups is 1. The van der Waals surface area contributed by atoms with Gasteiger partial charge in [0, 0.05) is 44.8 Å². The first-order valence-electron chi connectivity index (χ1n) is 11.2. The van der Waals surface area contributed by atoms with Crippen LogP contribution in [0, 0.1) is 6.92 Å². The van der Waals surface area contributed by atoms with E-state index in [1.807, 2.05) is 6.92 Å². The van der Waals surface area contributed by atoms with Gasteiger partial charge in [-0.15, -0.1) is 0 Å². The normalized spacial score (nSPS) is 14.6. The van der Waals surface area contributed by atoms with E-state index in [1.54, 1.807) is 0 Å². The number of nitrogen functional groups attached to an aromatic ring is 1. The maximum Gasteiger partial charge on any atom is 0.224 e. The van der Waals surface area contributed by atoms with Gasteiger partial charge < -0.3 is 21.3 Å². The van der Waals surface area contributed by atoms with Crippen molar-refractivity contribution in [1.82, 2.24) is 25.1 Å². The molecule has 0 spiro atoms. The number of anilines is 2. The van der Waals surface area contributed by atoms with E-state index < -0.39 is 0 Å². The number of piperazine rings is 1. The summed E-state index contributed by atoms with van der Waals surface area (Å²) < 4.78 is 0. The Morgan fingerprint density at radius 3 is 2.62 bits per heavy atom. The van der Waals surface area contributed by atoms with Gasteiger partial charge in [0.05, 0.1) is 12.9 Å². The molecule has 0 atom stereocenters. The van der Waals surface area contributed by atoms with Crippen molar-refractivity contribution < 1.29 is 4.79 Å². The monoisotopic (exact) mass is 438 g/mol. The van der Waals surface area contributed by atoms with Gasteiger partial charge in [-0.1, -0.05) is 37.6 Å². The summed E-state index contributed by atoms with van der Waals surface area (Å²) in [5.41, 5.74) is 8.96. The van der Waals surface area contributed by atoms with E-state index >= 15 is 0 Å². The van der Waals surface area contributed by atoms with Crippen LogP contribution in [-0.2, 0) is 17.9 Å². The number of nitrogens with one attached hydrogen (secondary N) is 2. The van der Waals surface area contributed by atoms with Crippen LogP contribution in [0.3, 0.4) is 0 Å². The Bertz CT molecular complexity index is 894. The topological polar surface area (TPSA) is 112 Å². The molecule has 0 bridgehead atoms. The number of hydrogen-bond donors (Lipinski definition) is 3. The molecule has 2 aromatic rings. The molecule has 0 unspecified atom stereocenters. The van der Waals surface area contributed by atoms with Gasteiger partial charge in [0.1, 0.15) is 5.82 Å². The van der Waals surface area contributed by atoms with Crippen LogP contribution in [0.2, 0.25) is 0 Å². The highest BCUT2D eigenvalue weighted by atomic mass is 16.1. The van der Waals surface area contributed by atoms with Gasteiger partial charge in [0.25, 0.3) is 0 Å². The summed E-state index contributed by atoms with van der Waals surface area (Å²) >= 11 is 0. The molecule has 4 N–H and O–H groups in total. The second kappa shape index (κ2) is 12.1. The molecule has 1 saturated heterocycles. The molecule has 0 saturated carbocycles. The number of nitrogens with two attached hydrogens (primary N) is 1. The lowest BCUT2D eigenvalue weighted by atomic mass is 10.1. The molecule has 9 heteroatoms. The molecule has 1 aromatic heterocycles. The van der Waals surface area contributed by atoms with Crippen molar-refractivity contribution in [3.63, 3.8) is 0 Å². The first kappa shape index (κ1) is 23.6. The van der Waals surface area contributed by atoms with Crippen molar-refractivity contribution in [3.8, 4) is 0 Å². The Morgan fingerprint density at radius 1 is 1.22 bits per heavy atom. The largest absolute Gasteiger partial charge is 0.370 e. The summed E-state index contributed by atoms with van der Waals surface area (Å²) in [6, 6.07) is 8.37. The molecule has 1 aliphatic heterocycles. The Hall–Kier alpha value is -3.04. The molecule has 32 heavy (non-hydrogen) atoms.